The Morgan fingerprint density at radius 2 is 1.50 bits per heavy atom. The molecule has 1 aliphatic rings. The van der Waals surface area contributed by atoms with Gasteiger partial charge in [0.25, 0.3) is 5.91 Å². The Bertz CT molecular complexity index is 1190. The number of imide groups is 1. The molecule has 0 atom stereocenters. The van der Waals surface area contributed by atoms with Crippen molar-refractivity contribution in [2.75, 3.05) is 12.0 Å². The van der Waals surface area contributed by atoms with E-state index in [1.807, 2.05) is 12.1 Å². The number of benzene rings is 2. The van der Waals surface area contributed by atoms with Crippen LogP contribution < -0.4 is 4.90 Å². The first-order chi connectivity index (χ1) is 16.6. The molecule has 2 aromatic carbocycles. The summed E-state index contributed by atoms with van der Waals surface area (Å²) in [6, 6.07) is 10.5. The van der Waals surface area contributed by atoms with Crippen LogP contribution in [0.5, 0.6) is 0 Å². The summed E-state index contributed by atoms with van der Waals surface area (Å²) in [4.78, 5) is 40.8. The largest absolute Gasteiger partial charge is 0.465 e. The molecule has 0 bridgehead atoms. The maximum atomic E-state index is 14.0. The van der Waals surface area contributed by atoms with E-state index in [1.54, 1.807) is 39.0 Å². The van der Waals surface area contributed by atoms with Crippen molar-refractivity contribution >= 4 is 39.6 Å². The predicted octanol–water partition coefficient (Wildman–Crippen LogP) is 7.30. The van der Waals surface area contributed by atoms with Gasteiger partial charge < -0.3 is 9.47 Å². The summed E-state index contributed by atoms with van der Waals surface area (Å²) in [7, 11) is 1.29. The lowest BCUT2D eigenvalue weighted by Crippen LogP contribution is -2.42. The molecule has 0 saturated carbocycles. The zero-order valence-electron chi connectivity index (χ0n) is 22.5. The second-order valence-electron chi connectivity index (χ2n) is 11.6. The molecule has 0 N–H and O–H groups in total. The van der Waals surface area contributed by atoms with Crippen LogP contribution in [0, 0.1) is 0 Å². The maximum Gasteiger partial charge on any atom is 0.422 e. The van der Waals surface area contributed by atoms with E-state index in [2.05, 4.69) is 43.6 Å². The number of halogens is 1. The van der Waals surface area contributed by atoms with Crippen molar-refractivity contribution in [1.29, 1.82) is 0 Å². The second-order valence-corrected chi connectivity index (χ2v) is 12.2. The van der Waals surface area contributed by atoms with Crippen molar-refractivity contribution in [1.82, 2.24) is 0 Å². The topological polar surface area (TPSA) is 72.9 Å². The van der Waals surface area contributed by atoms with Gasteiger partial charge in [-0.15, -0.1) is 0 Å². The number of ether oxygens (including phenoxy) is 2. The molecule has 194 valence electrons. The van der Waals surface area contributed by atoms with Gasteiger partial charge in [0.2, 0.25) is 0 Å². The smallest absolute Gasteiger partial charge is 0.422 e. The van der Waals surface area contributed by atoms with E-state index >= 15 is 0 Å². The Balaban J connectivity index is 2.20. The number of carbonyl (C=O) groups is 3. The zero-order valence-corrected chi connectivity index (χ0v) is 24.0. The van der Waals surface area contributed by atoms with Gasteiger partial charge in [0.05, 0.1) is 18.4 Å². The van der Waals surface area contributed by atoms with E-state index in [9.17, 15) is 14.4 Å². The lowest BCUT2D eigenvalue weighted by Gasteiger charge is -2.42. The van der Waals surface area contributed by atoms with E-state index in [-0.39, 0.29) is 22.1 Å². The fourth-order valence-electron chi connectivity index (χ4n) is 4.58. The van der Waals surface area contributed by atoms with E-state index in [0.29, 0.717) is 16.5 Å². The number of esters is 1. The number of methoxy groups -OCH3 is 1. The monoisotopic (exact) mass is 557 g/mol. The van der Waals surface area contributed by atoms with Gasteiger partial charge >= 0.3 is 12.1 Å². The third kappa shape index (κ3) is 5.66. The van der Waals surface area contributed by atoms with Gasteiger partial charge in [0.15, 0.2) is 0 Å². The van der Waals surface area contributed by atoms with Crippen LogP contribution in [0.25, 0.3) is 0 Å². The molecule has 2 aromatic rings. The highest BCUT2D eigenvalue weighted by atomic mass is 79.9. The Morgan fingerprint density at radius 3 is 2.06 bits per heavy atom. The Labute approximate surface area is 222 Å². The predicted molar refractivity (Wildman–Crippen MR) is 145 cm³/mol. The maximum absolute atomic E-state index is 14.0. The lowest BCUT2D eigenvalue weighted by molar-refractivity contribution is 0.0557. The minimum atomic E-state index is -0.827. The highest BCUT2D eigenvalue weighted by molar-refractivity contribution is 9.08. The average molecular weight is 559 g/mol. The summed E-state index contributed by atoms with van der Waals surface area (Å²) in [5.74, 6) is -1.08. The number of rotatable bonds is 4. The molecule has 0 aliphatic heterocycles. The fourth-order valence-corrected chi connectivity index (χ4v) is 5.05. The number of hydrogen-bond acceptors (Lipinski definition) is 5. The minimum absolute atomic E-state index is 0.00470. The SMILES string of the molecule is COC(=O)c1ccc(CBr)c(N(C(=O)OC(C)(C)C)C(=O)c2ccc3c(c2)C(C)(C)CCC3(C)C)c1. The number of hydrogen-bond donors (Lipinski definition) is 0. The molecule has 0 saturated heterocycles. The number of nitrogens with zero attached hydrogens (tertiary/aromatic N) is 1. The summed E-state index contributed by atoms with van der Waals surface area (Å²) < 4.78 is 10.5. The molecule has 3 rings (SSSR count). The van der Waals surface area contributed by atoms with Crippen molar-refractivity contribution in [3.63, 3.8) is 0 Å². The summed E-state index contributed by atoms with van der Waals surface area (Å²) in [5.41, 5.74) is 2.92. The van der Waals surface area contributed by atoms with E-state index in [1.165, 1.54) is 18.7 Å². The van der Waals surface area contributed by atoms with Crippen molar-refractivity contribution in [2.45, 2.75) is 83.1 Å². The van der Waals surface area contributed by atoms with Crippen LogP contribution >= 0.6 is 15.9 Å². The second kappa shape index (κ2) is 10.0. The molecule has 0 heterocycles. The van der Waals surface area contributed by atoms with Gasteiger partial charge in [0.1, 0.15) is 5.60 Å². The van der Waals surface area contributed by atoms with Crippen LogP contribution in [-0.2, 0) is 25.6 Å². The summed E-state index contributed by atoms with van der Waals surface area (Å²) in [6.07, 6.45) is 1.24. The number of amides is 2. The highest BCUT2D eigenvalue weighted by Gasteiger charge is 2.38. The molecule has 0 radical (unpaired) electrons. The van der Waals surface area contributed by atoms with Gasteiger partial charge in [-0.3, -0.25) is 4.79 Å². The highest BCUT2D eigenvalue weighted by Crippen LogP contribution is 2.46. The molecule has 7 heteroatoms. The molecule has 2 amide bonds. The van der Waals surface area contributed by atoms with Crippen LogP contribution in [0.15, 0.2) is 36.4 Å². The molecule has 0 aromatic heterocycles. The molecular weight excluding hydrogens is 522 g/mol. The van der Waals surface area contributed by atoms with E-state index < -0.39 is 23.6 Å². The Hall–Kier alpha value is -2.67. The van der Waals surface area contributed by atoms with Crippen molar-refractivity contribution < 1.29 is 23.9 Å². The minimum Gasteiger partial charge on any atom is -0.465 e. The molecule has 36 heavy (non-hydrogen) atoms. The quantitative estimate of drug-likeness (QED) is 0.291. The van der Waals surface area contributed by atoms with Crippen LogP contribution in [0.1, 0.15) is 98.7 Å². The standard InChI is InChI=1S/C29H36BrNO5/c1-27(2,3)36-26(34)31(23-16-19(25(33)35-8)9-10-20(23)17-30)24(32)18-11-12-21-22(15-18)29(6,7)14-13-28(21,4)5/h9-12,15-16H,13-14,17H2,1-8H3. The van der Waals surface area contributed by atoms with E-state index in [4.69, 9.17) is 9.47 Å². The third-order valence-corrected chi connectivity index (χ3v) is 7.37. The number of carbonyl (C=O) groups excluding carboxylic acids is 3. The van der Waals surface area contributed by atoms with Crippen molar-refractivity contribution in [3.05, 3.63) is 64.2 Å². The first-order valence-electron chi connectivity index (χ1n) is 12.1. The number of anilines is 1. The van der Waals surface area contributed by atoms with Gasteiger partial charge in [0, 0.05) is 10.9 Å². The van der Waals surface area contributed by atoms with Gasteiger partial charge in [-0.25, -0.2) is 14.5 Å². The van der Waals surface area contributed by atoms with Gasteiger partial charge in [-0.2, -0.15) is 0 Å². The van der Waals surface area contributed by atoms with E-state index in [0.717, 1.165) is 23.3 Å². The summed E-state index contributed by atoms with van der Waals surface area (Å²) >= 11 is 3.44. The molecular formula is C29H36BrNO5. The number of fused-ring (bicyclic) bond motifs is 1. The Kier molecular flexibility index (Phi) is 7.75. The van der Waals surface area contributed by atoms with Gasteiger partial charge in [-0.05, 0) is 85.4 Å². The normalized spacial score (nSPS) is 16.0. The number of alkyl halides is 1. The van der Waals surface area contributed by atoms with Gasteiger partial charge in [-0.1, -0.05) is 55.8 Å². The van der Waals surface area contributed by atoms with Crippen LogP contribution in [-0.4, -0.2) is 30.7 Å². The first-order valence-corrected chi connectivity index (χ1v) is 13.2. The summed E-state index contributed by atoms with van der Waals surface area (Å²) in [6.45, 7) is 14.0. The fraction of sp³-hybridized carbons (Fsp3) is 0.483. The van der Waals surface area contributed by atoms with Crippen molar-refractivity contribution in [3.8, 4) is 0 Å². The first kappa shape index (κ1) is 27.9. The molecule has 0 fully saturated rings. The van der Waals surface area contributed by atoms with Crippen LogP contribution in [0.4, 0.5) is 10.5 Å². The van der Waals surface area contributed by atoms with Crippen molar-refractivity contribution in [2.24, 2.45) is 0 Å². The Morgan fingerprint density at radius 1 is 0.917 bits per heavy atom. The molecule has 1 aliphatic carbocycles. The lowest BCUT2D eigenvalue weighted by atomic mass is 9.63. The van der Waals surface area contributed by atoms with Crippen LogP contribution in [0.2, 0.25) is 0 Å². The molecule has 6 nitrogen and oxygen atoms in total. The molecule has 0 spiro atoms. The summed E-state index contributed by atoms with van der Waals surface area (Å²) in [5, 5.41) is 0.363. The zero-order chi connectivity index (χ0) is 27.1. The molecule has 0 unspecified atom stereocenters. The third-order valence-electron chi connectivity index (χ3n) is 6.77. The van der Waals surface area contributed by atoms with Crippen LogP contribution in [0.3, 0.4) is 0 Å². The average Bonchev–Trinajstić information content (AvgIpc) is 2.80.